The number of benzene rings is 1. The molecule has 2 aromatic rings. The average Bonchev–Trinajstić information content (AvgIpc) is 3.04. The second kappa shape index (κ2) is 5.23. The fraction of sp³-hybridized carbons (Fsp3) is 0.467. The Hall–Kier alpha value is -1.52. The first kappa shape index (κ1) is 12.5. The van der Waals surface area contributed by atoms with Crippen molar-refractivity contribution in [3.63, 3.8) is 0 Å². The summed E-state index contributed by atoms with van der Waals surface area (Å²) < 4.78 is 11.3. The molecule has 0 spiro atoms. The van der Waals surface area contributed by atoms with E-state index in [2.05, 4.69) is 17.0 Å². The summed E-state index contributed by atoms with van der Waals surface area (Å²) in [5.41, 5.74) is 6.64. The minimum atomic E-state index is 0.495. The van der Waals surface area contributed by atoms with Crippen molar-refractivity contribution in [2.24, 2.45) is 5.73 Å². The molecule has 1 unspecified atom stereocenters. The van der Waals surface area contributed by atoms with E-state index in [0.29, 0.717) is 6.04 Å². The van der Waals surface area contributed by atoms with Crippen molar-refractivity contribution in [1.29, 1.82) is 0 Å². The normalized spacial score (nSPS) is 20.2. The second-order valence-corrected chi connectivity index (χ2v) is 5.09. The highest BCUT2D eigenvalue weighted by Crippen LogP contribution is 2.30. The Morgan fingerprint density at radius 2 is 2.37 bits per heavy atom. The van der Waals surface area contributed by atoms with Crippen molar-refractivity contribution < 1.29 is 9.15 Å². The van der Waals surface area contributed by atoms with Crippen LogP contribution in [0.15, 0.2) is 28.7 Å². The highest BCUT2D eigenvalue weighted by molar-refractivity contribution is 5.83. The molecule has 3 rings (SSSR count). The average molecular weight is 260 g/mol. The topological polar surface area (TPSA) is 51.6 Å². The van der Waals surface area contributed by atoms with Gasteiger partial charge in [-0.3, -0.25) is 4.90 Å². The molecule has 19 heavy (non-hydrogen) atoms. The van der Waals surface area contributed by atoms with Crippen LogP contribution < -0.4 is 10.5 Å². The lowest BCUT2D eigenvalue weighted by Gasteiger charge is -2.21. The van der Waals surface area contributed by atoms with E-state index >= 15 is 0 Å². The molecular weight excluding hydrogens is 240 g/mol. The summed E-state index contributed by atoms with van der Waals surface area (Å²) in [5, 5.41) is 1.10. The van der Waals surface area contributed by atoms with Gasteiger partial charge in [-0.2, -0.15) is 0 Å². The highest BCUT2D eigenvalue weighted by Gasteiger charge is 2.24. The number of furan rings is 1. The van der Waals surface area contributed by atoms with Crippen LogP contribution in [0.1, 0.15) is 18.6 Å². The van der Waals surface area contributed by atoms with Crippen LogP contribution in [0.4, 0.5) is 0 Å². The standard InChI is InChI=1S/C15H20N2O2/c1-18-14-6-2-4-11-8-13(19-15(11)14)10-17-7-3-5-12(17)9-16/h2,4,6,8,12H,3,5,7,9-10,16H2,1H3. The maximum atomic E-state index is 5.94. The number of rotatable bonds is 4. The molecule has 4 nitrogen and oxygen atoms in total. The van der Waals surface area contributed by atoms with Crippen LogP contribution in [0, 0.1) is 0 Å². The van der Waals surface area contributed by atoms with Gasteiger partial charge in [0.15, 0.2) is 11.3 Å². The number of methoxy groups -OCH3 is 1. The van der Waals surface area contributed by atoms with Gasteiger partial charge in [0.05, 0.1) is 13.7 Å². The van der Waals surface area contributed by atoms with Gasteiger partial charge in [-0.05, 0) is 31.5 Å². The summed E-state index contributed by atoms with van der Waals surface area (Å²) in [7, 11) is 1.67. The van der Waals surface area contributed by atoms with Crippen LogP contribution in [-0.4, -0.2) is 31.1 Å². The lowest BCUT2D eigenvalue weighted by atomic mass is 10.2. The number of likely N-dealkylation sites (tertiary alicyclic amines) is 1. The number of nitrogens with zero attached hydrogens (tertiary/aromatic N) is 1. The van der Waals surface area contributed by atoms with E-state index in [1.54, 1.807) is 7.11 Å². The molecule has 1 aliphatic rings. The third-order valence-electron chi connectivity index (χ3n) is 3.91. The molecule has 2 N–H and O–H groups in total. The van der Waals surface area contributed by atoms with Gasteiger partial charge >= 0.3 is 0 Å². The Kier molecular flexibility index (Phi) is 3.44. The van der Waals surface area contributed by atoms with Crippen molar-refractivity contribution in [2.75, 3.05) is 20.2 Å². The van der Waals surface area contributed by atoms with Gasteiger partial charge in [-0.1, -0.05) is 12.1 Å². The zero-order chi connectivity index (χ0) is 13.2. The number of ether oxygens (including phenoxy) is 1. The van der Waals surface area contributed by atoms with Gasteiger partial charge in [0.2, 0.25) is 0 Å². The van der Waals surface area contributed by atoms with E-state index < -0.39 is 0 Å². The molecule has 1 aromatic heterocycles. The molecular formula is C15H20N2O2. The van der Waals surface area contributed by atoms with Crippen LogP contribution >= 0.6 is 0 Å². The molecule has 1 saturated heterocycles. The van der Waals surface area contributed by atoms with Crippen LogP contribution in [0.2, 0.25) is 0 Å². The summed E-state index contributed by atoms with van der Waals surface area (Å²) in [4.78, 5) is 2.41. The minimum Gasteiger partial charge on any atom is -0.493 e. The van der Waals surface area contributed by atoms with Crippen molar-refractivity contribution in [1.82, 2.24) is 4.90 Å². The summed E-state index contributed by atoms with van der Waals surface area (Å²) in [5.74, 6) is 1.78. The Morgan fingerprint density at radius 3 is 3.16 bits per heavy atom. The molecule has 0 bridgehead atoms. The Morgan fingerprint density at radius 1 is 1.47 bits per heavy atom. The lowest BCUT2D eigenvalue weighted by molar-refractivity contribution is 0.232. The lowest BCUT2D eigenvalue weighted by Crippen LogP contribution is -2.34. The molecule has 4 heteroatoms. The first-order chi connectivity index (χ1) is 9.31. The minimum absolute atomic E-state index is 0.495. The molecule has 2 heterocycles. The monoisotopic (exact) mass is 260 g/mol. The second-order valence-electron chi connectivity index (χ2n) is 5.09. The Balaban J connectivity index is 1.85. The first-order valence-corrected chi connectivity index (χ1v) is 6.81. The van der Waals surface area contributed by atoms with Crippen molar-refractivity contribution in [3.8, 4) is 5.75 Å². The van der Waals surface area contributed by atoms with Crippen molar-refractivity contribution in [2.45, 2.75) is 25.4 Å². The fourth-order valence-corrected chi connectivity index (χ4v) is 2.90. The fourth-order valence-electron chi connectivity index (χ4n) is 2.90. The van der Waals surface area contributed by atoms with Gasteiger partial charge in [0, 0.05) is 18.0 Å². The quantitative estimate of drug-likeness (QED) is 0.917. The SMILES string of the molecule is COc1cccc2cc(CN3CCCC3CN)oc12. The maximum absolute atomic E-state index is 5.94. The van der Waals surface area contributed by atoms with E-state index in [1.807, 2.05) is 12.1 Å². The van der Waals surface area contributed by atoms with Gasteiger partial charge in [-0.25, -0.2) is 0 Å². The van der Waals surface area contributed by atoms with Gasteiger partial charge in [0.1, 0.15) is 5.76 Å². The number of para-hydroxylation sites is 1. The molecule has 0 radical (unpaired) electrons. The molecule has 102 valence electrons. The molecule has 1 fully saturated rings. The van der Waals surface area contributed by atoms with E-state index in [9.17, 15) is 0 Å². The third-order valence-corrected chi connectivity index (χ3v) is 3.91. The molecule has 0 saturated carbocycles. The van der Waals surface area contributed by atoms with Crippen LogP contribution in [-0.2, 0) is 6.54 Å². The molecule has 1 aliphatic heterocycles. The Bertz CT molecular complexity index is 564. The third kappa shape index (κ3) is 2.33. The van der Waals surface area contributed by atoms with Gasteiger partial charge in [0.25, 0.3) is 0 Å². The van der Waals surface area contributed by atoms with E-state index in [0.717, 1.165) is 42.1 Å². The van der Waals surface area contributed by atoms with Crippen LogP contribution in [0.3, 0.4) is 0 Å². The number of hydrogen-bond donors (Lipinski definition) is 1. The highest BCUT2D eigenvalue weighted by atomic mass is 16.5. The van der Waals surface area contributed by atoms with E-state index in [4.69, 9.17) is 14.9 Å². The van der Waals surface area contributed by atoms with Gasteiger partial charge in [-0.15, -0.1) is 0 Å². The van der Waals surface area contributed by atoms with Crippen LogP contribution in [0.5, 0.6) is 5.75 Å². The smallest absolute Gasteiger partial charge is 0.176 e. The maximum Gasteiger partial charge on any atom is 0.176 e. The number of hydrogen-bond acceptors (Lipinski definition) is 4. The van der Waals surface area contributed by atoms with E-state index in [-0.39, 0.29) is 0 Å². The predicted molar refractivity (Wildman–Crippen MR) is 75.3 cm³/mol. The molecule has 0 aliphatic carbocycles. The molecule has 1 aromatic carbocycles. The van der Waals surface area contributed by atoms with Crippen LogP contribution in [0.25, 0.3) is 11.0 Å². The zero-order valence-electron chi connectivity index (χ0n) is 11.3. The molecule has 0 amide bonds. The summed E-state index contributed by atoms with van der Waals surface area (Å²) >= 11 is 0. The van der Waals surface area contributed by atoms with Crippen molar-refractivity contribution >= 4 is 11.0 Å². The Labute approximate surface area is 113 Å². The van der Waals surface area contributed by atoms with Gasteiger partial charge < -0.3 is 14.9 Å². The van der Waals surface area contributed by atoms with E-state index in [1.165, 1.54) is 12.8 Å². The van der Waals surface area contributed by atoms with Crippen molar-refractivity contribution in [3.05, 3.63) is 30.0 Å². The zero-order valence-corrected chi connectivity index (χ0v) is 11.3. The largest absolute Gasteiger partial charge is 0.493 e. The summed E-state index contributed by atoms with van der Waals surface area (Å²) in [6.45, 7) is 2.67. The summed E-state index contributed by atoms with van der Waals surface area (Å²) in [6, 6.07) is 8.56. The molecule has 1 atom stereocenters. The first-order valence-electron chi connectivity index (χ1n) is 6.81. The number of fused-ring (bicyclic) bond motifs is 1. The number of nitrogens with two attached hydrogens (primary N) is 1. The predicted octanol–water partition coefficient (Wildman–Crippen LogP) is 2.36. The summed E-state index contributed by atoms with van der Waals surface area (Å²) in [6.07, 6.45) is 2.42.